The number of anilines is 1. The van der Waals surface area contributed by atoms with E-state index in [9.17, 15) is 14.7 Å². The number of hydrogen-bond acceptors (Lipinski definition) is 2. The summed E-state index contributed by atoms with van der Waals surface area (Å²) in [4.78, 5) is 24.1. The van der Waals surface area contributed by atoms with Gasteiger partial charge in [-0.1, -0.05) is 69.3 Å². The zero-order chi connectivity index (χ0) is 20.3. The van der Waals surface area contributed by atoms with Crippen molar-refractivity contribution in [2.45, 2.75) is 26.2 Å². The number of aromatic carboxylic acids is 1. The molecule has 3 rings (SSSR count). The number of amides is 1. The zero-order valence-electron chi connectivity index (χ0n) is 16.2. The molecule has 0 bridgehead atoms. The Morgan fingerprint density at radius 3 is 2.00 bits per heavy atom. The lowest BCUT2D eigenvalue weighted by Crippen LogP contribution is -2.14. The topological polar surface area (TPSA) is 66.4 Å². The largest absolute Gasteiger partial charge is 0.478 e. The number of hydrogen-bond donors (Lipinski definition) is 2. The van der Waals surface area contributed by atoms with Crippen LogP contribution in [0.25, 0.3) is 11.1 Å². The van der Waals surface area contributed by atoms with E-state index in [2.05, 4.69) is 38.2 Å². The van der Waals surface area contributed by atoms with Crippen LogP contribution < -0.4 is 5.32 Å². The molecule has 3 aromatic rings. The predicted octanol–water partition coefficient (Wildman–Crippen LogP) is 5.60. The summed E-state index contributed by atoms with van der Waals surface area (Å²) < 4.78 is 0. The Morgan fingerprint density at radius 2 is 1.43 bits per heavy atom. The van der Waals surface area contributed by atoms with Gasteiger partial charge in [0.05, 0.1) is 11.3 Å². The average molecular weight is 373 g/mol. The van der Waals surface area contributed by atoms with Crippen LogP contribution in [0.2, 0.25) is 0 Å². The van der Waals surface area contributed by atoms with Crippen molar-refractivity contribution in [3.8, 4) is 11.1 Å². The summed E-state index contributed by atoms with van der Waals surface area (Å²) >= 11 is 0. The molecule has 4 nitrogen and oxygen atoms in total. The van der Waals surface area contributed by atoms with E-state index < -0.39 is 5.97 Å². The van der Waals surface area contributed by atoms with E-state index in [1.807, 2.05) is 18.2 Å². The number of carboxylic acid groups (broad SMARTS) is 1. The van der Waals surface area contributed by atoms with Gasteiger partial charge in [-0.25, -0.2) is 4.79 Å². The fraction of sp³-hybridized carbons (Fsp3) is 0.167. The zero-order valence-corrected chi connectivity index (χ0v) is 16.2. The highest BCUT2D eigenvalue weighted by atomic mass is 16.4. The van der Waals surface area contributed by atoms with Gasteiger partial charge in [-0.3, -0.25) is 4.79 Å². The lowest BCUT2D eigenvalue weighted by molar-refractivity contribution is 0.0698. The molecule has 0 radical (unpaired) electrons. The first-order valence-corrected chi connectivity index (χ1v) is 9.10. The highest BCUT2D eigenvalue weighted by molar-refractivity contribution is 6.08. The van der Waals surface area contributed by atoms with Crippen LogP contribution in [0.1, 0.15) is 47.1 Å². The van der Waals surface area contributed by atoms with Gasteiger partial charge in [0, 0.05) is 5.56 Å². The van der Waals surface area contributed by atoms with E-state index in [1.165, 1.54) is 11.6 Å². The van der Waals surface area contributed by atoms with E-state index in [1.54, 1.807) is 36.4 Å². The molecule has 0 unspecified atom stereocenters. The van der Waals surface area contributed by atoms with Crippen molar-refractivity contribution in [2.75, 3.05) is 5.32 Å². The lowest BCUT2D eigenvalue weighted by atomic mass is 9.86. The maximum absolute atomic E-state index is 12.5. The van der Waals surface area contributed by atoms with E-state index in [0.717, 1.165) is 11.1 Å². The molecule has 0 spiro atoms. The summed E-state index contributed by atoms with van der Waals surface area (Å²) in [6.45, 7) is 6.46. The molecule has 2 N–H and O–H groups in total. The predicted molar refractivity (Wildman–Crippen MR) is 112 cm³/mol. The summed E-state index contributed by atoms with van der Waals surface area (Å²) in [6.07, 6.45) is 0. The van der Waals surface area contributed by atoms with Gasteiger partial charge < -0.3 is 10.4 Å². The van der Waals surface area contributed by atoms with Crippen LogP contribution >= 0.6 is 0 Å². The van der Waals surface area contributed by atoms with Crippen LogP contribution in [0.5, 0.6) is 0 Å². The minimum atomic E-state index is -1.09. The van der Waals surface area contributed by atoms with Crippen molar-refractivity contribution < 1.29 is 14.7 Å². The number of benzene rings is 3. The van der Waals surface area contributed by atoms with Gasteiger partial charge in [-0.2, -0.15) is 0 Å². The summed E-state index contributed by atoms with van der Waals surface area (Å²) in [7, 11) is 0. The van der Waals surface area contributed by atoms with Gasteiger partial charge in [0.1, 0.15) is 0 Å². The molecule has 142 valence electrons. The normalized spacial score (nSPS) is 11.1. The second-order valence-corrected chi connectivity index (χ2v) is 7.71. The number of nitrogens with one attached hydrogen (secondary N) is 1. The molecule has 3 aromatic carbocycles. The molecule has 28 heavy (non-hydrogen) atoms. The fourth-order valence-corrected chi connectivity index (χ4v) is 2.96. The molecule has 1 amide bonds. The summed E-state index contributed by atoms with van der Waals surface area (Å²) in [5.74, 6) is -1.43. The summed E-state index contributed by atoms with van der Waals surface area (Å²) in [6, 6.07) is 21.9. The third-order valence-electron chi connectivity index (χ3n) is 4.62. The maximum Gasteiger partial charge on any atom is 0.337 e. The second-order valence-electron chi connectivity index (χ2n) is 7.71. The number of carbonyl (C=O) groups excluding carboxylic acids is 1. The SMILES string of the molecule is CC(C)(C)c1ccc(-c2ccc(C(=O)O)c(NC(=O)c3ccccc3)c2)cc1. The minimum Gasteiger partial charge on any atom is -0.478 e. The van der Waals surface area contributed by atoms with E-state index in [-0.39, 0.29) is 22.6 Å². The number of carboxylic acids is 1. The molecule has 0 fully saturated rings. The van der Waals surface area contributed by atoms with Gasteiger partial charge in [-0.05, 0) is 46.4 Å². The van der Waals surface area contributed by atoms with Gasteiger partial charge in [0.25, 0.3) is 5.91 Å². The molecule has 0 aliphatic carbocycles. The van der Waals surface area contributed by atoms with E-state index in [4.69, 9.17) is 0 Å². The molecular weight excluding hydrogens is 350 g/mol. The Labute approximate surface area is 164 Å². The second kappa shape index (κ2) is 7.69. The lowest BCUT2D eigenvalue weighted by Gasteiger charge is -2.19. The first-order chi connectivity index (χ1) is 13.3. The molecule has 0 saturated heterocycles. The van der Waals surface area contributed by atoms with Crippen molar-refractivity contribution in [1.29, 1.82) is 0 Å². The highest BCUT2D eigenvalue weighted by Crippen LogP contribution is 2.29. The Balaban J connectivity index is 1.95. The molecule has 0 aliphatic rings. The van der Waals surface area contributed by atoms with Gasteiger partial charge >= 0.3 is 5.97 Å². The molecule has 0 saturated carbocycles. The van der Waals surface area contributed by atoms with Crippen LogP contribution in [0, 0.1) is 0 Å². The Morgan fingerprint density at radius 1 is 0.821 bits per heavy atom. The highest BCUT2D eigenvalue weighted by Gasteiger charge is 2.16. The van der Waals surface area contributed by atoms with Crippen molar-refractivity contribution in [1.82, 2.24) is 0 Å². The van der Waals surface area contributed by atoms with Crippen molar-refractivity contribution in [2.24, 2.45) is 0 Å². The van der Waals surface area contributed by atoms with Crippen LogP contribution in [0.15, 0.2) is 72.8 Å². The maximum atomic E-state index is 12.5. The van der Waals surface area contributed by atoms with E-state index >= 15 is 0 Å². The molecule has 0 aromatic heterocycles. The third kappa shape index (κ3) is 4.29. The third-order valence-corrected chi connectivity index (χ3v) is 4.62. The van der Waals surface area contributed by atoms with Crippen LogP contribution in [0.4, 0.5) is 5.69 Å². The van der Waals surface area contributed by atoms with Crippen molar-refractivity contribution in [3.05, 3.63) is 89.5 Å². The molecule has 4 heteroatoms. The summed E-state index contributed by atoms with van der Waals surface area (Å²) in [5, 5.41) is 12.2. The van der Waals surface area contributed by atoms with Crippen LogP contribution in [-0.4, -0.2) is 17.0 Å². The summed E-state index contributed by atoms with van der Waals surface area (Å²) in [5.41, 5.74) is 3.88. The minimum absolute atomic E-state index is 0.0549. The number of rotatable bonds is 4. The van der Waals surface area contributed by atoms with Gasteiger partial charge in [-0.15, -0.1) is 0 Å². The Hall–Kier alpha value is -3.40. The quantitative estimate of drug-likeness (QED) is 0.625. The number of carbonyl (C=O) groups is 2. The first kappa shape index (κ1) is 19.4. The first-order valence-electron chi connectivity index (χ1n) is 9.10. The van der Waals surface area contributed by atoms with Gasteiger partial charge in [0.15, 0.2) is 0 Å². The molecule has 0 atom stereocenters. The molecule has 0 heterocycles. The Bertz CT molecular complexity index is 1000. The van der Waals surface area contributed by atoms with Crippen molar-refractivity contribution in [3.63, 3.8) is 0 Å². The fourth-order valence-electron chi connectivity index (χ4n) is 2.96. The smallest absolute Gasteiger partial charge is 0.337 e. The molecule has 0 aliphatic heterocycles. The average Bonchev–Trinajstić information content (AvgIpc) is 2.68. The van der Waals surface area contributed by atoms with Crippen molar-refractivity contribution >= 4 is 17.6 Å². The van der Waals surface area contributed by atoms with Crippen LogP contribution in [0.3, 0.4) is 0 Å². The van der Waals surface area contributed by atoms with Gasteiger partial charge in [0.2, 0.25) is 0 Å². The van der Waals surface area contributed by atoms with E-state index in [0.29, 0.717) is 5.56 Å². The monoisotopic (exact) mass is 373 g/mol. The standard InChI is InChI=1S/C24H23NO3/c1-24(2,3)19-12-9-16(10-13-19)18-11-14-20(23(27)28)21(15-18)25-22(26)17-7-5-4-6-8-17/h4-15H,1-3H3,(H,25,26)(H,27,28). The van der Waals surface area contributed by atoms with Crippen LogP contribution in [-0.2, 0) is 5.41 Å². The Kier molecular flexibility index (Phi) is 5.32. The molecular formula is C24H23NO3.